The average Bonchev–Trinajstić information content (AvgIpc) is 3.62. The fraction of sp³-hybridized carbons (Fsp3) is 0.480. The standard InChI is InChI=1S/C50H64F2N8O9/c1-11-65-33-25-36(51)35(37(52)26-33)29-60-40-20-16-15-18-34(40)43(59-60)45-54-28-41(44(58-45)56-39-24-31(3)53-27-30(39)2)66-22-17-23-67-47(63)32(4)55-46(62)38(57-48(64)69-50(8,9)10)19-13-12-14-21-42(61)68-49(5,6)7/h15-16,18,20,24-28,32,38H,11-14,17,19,21-23,29H2,1-10H3,(H,55,62)(H,57,64)(H,53,54,56,58)/t32-,38+/m0/s1. The number of rotatable bonds is 22. The number of benzene rings is 2. The SMILES string of the molecule is CCOc1cc(F)c(Cn2nc(-c3ncc(OCCCOC(=O)[C@H](C)NC(=O)[C@@H](CCCCCC(=O)OC(C)(C)C)NC(=O)OC(C)(C)C)c(Nc4cc(C)ncc4C)n3)c3ccccc32)c(F)c1. The number of hydrogen-bond donors (Lipinski definition) is 3. The van der Waals surface area contributed by atoms with Crippen molar-refractivity contribution in [3.63, 3.8) is 0 Å². The van der Waals surface area contributed by atoms with Gasteiger partial charge in [0.2, 0.25) is 5.91 Å². The second kappa shape index (κ2) is 23.9. The second-order valence-corrected chi connectivity index (χ2v) is 18.5. The Morgan fingerprint density at radius 3 is 2.23 bits per heavy atom. The second-order valence-electron chi connectivity index (χ2n) is 18.5. The van der Waals surface area contributed by atoms with Crippen LogP contribution < -0.4 is 25.4 Å². The third-order valence-electron chi connectivity index (χ3n) is 10.2. The molecule has 5 aromatic rings. The molecule has 0 saturated heterocycles. The van der Waals surface area contributed by atoms with Gasteiger partial charge in [0, 0.05) is 53.5 Å². The molecule has 3 aromatic heterocycles. The summed E-state index contributed by atoms with van der Waals surface area (Å²) in [4.78, 5) is 65.0. The zero-order valence-electron chi connectivity index (χ0n) is 41.1. The Labute approximate surface area is 401 Å². The van der Waals surface area contributed by atoms with Crippen molar-refractivity contribution in [2.24, 2.45) is 0 Å². The van der Waals surface area contributed by atoms with Crippen molar-refractivity contribution in [1.29, 1.82) is 0 Å². The third kappa shape index (κ3) is 16.1. The number of ether oxygens (including phenoxy) is 5. The van der Waals surface area contributed by atoms with Crippen molar-refractivity contribution in [3.8, 4) is 23.0 Å². The van der Waals surface area contributed by atoms with Crippen LogP contribution in [0.3, 0.4) is 0 Å². The van der Waals surface area contributed by atoms with E-state index in [1.165, 1.54) is 17.8 Å². The molecule has 3 heterocycles. The number of esters is 2. The number of unbranched alkanes of at least 4 members (excludes halogenated alkanes) is 2. The number of anilines is 2. The summed E-state index contributed by atoms with van der Waals surface area (Å²) in [6.07, 6.45) is 4.75. The number of halogens is 2. The molecule has 2 aromatic carbocycles. The van der Waals surface area contributed by atoms with Gasteiger partial charge in [-0.15, -0.1) is 0 Å². The number of hydrogen-bond acceptors (Lipinski definition) is 14. The minimum Gasteiger partial charge on any atom is -0.494 e. The summed E-state index contributed by atoms with van der Waals surface area (Å²) in [6.45, 7) is 17.5. The van der Waals surface area contributed by atoms with Gasteiger partial charge in [0.15, 0.2) is 17.4 Å². The Morgan fingerprint density at radius 2 is 1.54 bits per heavy atom. The maximum Gasteiger partial charge on any atom is 0.408 e. The molecule has 0 unspecified atom stereocenters. The van der Waals surface area contributed by atoms with Crippen LogP contribution in [0.5, 0.6) is 11.5 Å². The van der Waals surface area contributed by atoms with E-state index in [4.69, 9.17) is 33.8 Å². The molecule has 0 fully saturated rings. The lowest BCUT2D eigenvalue weighted by molar-refractivity contribution is -0.155. The molecule has 0 aliphatic carbocycles. The molecule has 0 radical (unpaired) electrons. The first-order chi connectivity index (χ1) is 32.6. The summed E-state index contributed by atoms with van der Waals surface area (Å²) in [7, 11) is 0. The van der Waals surface area contributed by atoms with Crippen molar-refractivity contribution in [2.45, 2.75) is 138 Å². The maximum atomic E-state index is 15.2. The largest absolute Gasteiger partial charge is 0.494 e. The van der Waals surface area contributed by atoms with Crippen molar-refractivity contribution in [1.82, 2.24) is 35.4 Å². The van der Waals surface area contributed by atoms with E-state index < -0.39 is 52.9 Å². The Kier molecular flexibility index (Phi) is 18.4. The van der Waals surface area contributed by atoms with Crippen LogP contribution in [0.25, 0.3) is 22.4 Å². The molecule has 0 spiro atoms. The molecule has 2 amide bonds. The number of pyridine rings is 1. The molecule has 0 aliphatic heterocycles. The van der Waals surface area contributed by atoms with Gasteiger partial charge >= 0.3 is 18.0 Å². The average molecular weight is 959 g/mol. The number of para-hydroxylation sites is 1. The number of carbonyl (C=O) groups excluding carboxylic acids is 4. The normalized spacial score (nSPS) is 12.5. The third-order valence-corrected chi connectivity index (χ3v) is 10.2. The molecule has 0 aliphatic rings. The number of carbonyl (C=O) groups is 4. The first kappa shape index (κ1) is 53.0. The minimum atomic E-state index is -1.06. The van der Waals surface area contributed by atoms with Crippen LogP contribution >= 0.6 is 0 Å². The van der Waals surface area contributed by atoms with Crippen LogP contribution in [0.1, 0.15) is 111 Å². The Hall–Kier alpha value is -6.92. The van der Waals surface area contributed by atoms with Gasteiger partial charge in [0.05, 0.1) is 38.1 Å². The molecule has 372 valence electrons. The van der Waals surface area contributed by atoms with Crippen LogP contribution in [-0.4, -0.2) is 91.8 Å². The Morgan fingerprint density at radius 1 is 0.826 bits per heavy atom. The first-order valence-corrected chi connectivity index (χ1v) is 23.1. The zero-order chi connectivity index (χ0) is 50.5. The molecule has 17 nitrogen and oxygen atoms in total. The minimum absolute atomic E-state index is 0.0559. The van der Waals surface area contributed by atoms with E-state index in [0.29, 0.717) is 47.4 Å². The highest BCUT2D eigenvalue weighted by molar-refractivity contribution is 5.92. The van der Waals surface area contributed by atoms with Crippen LogP contribution in [0, 0.1) is 25.5 Å². The summed E-state index contributed by atoms with van der Waals surface area (Å²) >= 11 is 0. The molecule has 69 heavy (non-hydrogen) atoms. The number of nitrogens with zero attached hydrogens (tertiary/aromatic N) is 5. The summed E-state index contributed by atoms with van der Waals surface area (Å²) in [5.74, 6) is -2.27. The Bertz CT molecular complexity index is 2570. The van der Waals surface area contributed by atoms with Crippen LogP contribution in [-0.2, 0) is 35.1 Å². The van der Waals surface area contributed by atoms with E-state index in [1.807, 2.05) is 32.0 Å². The number of alkyl carbamates (subject to hydrolysis) is 1. The van der Waals surface area contributed by atoms with E-state index in [9.17, 15) is 19.2 Å². The monoisotopic (exact) mass is 958 g/mol. The van der Waals surface area contributed by atoms with Gasteiger partial charge in [0.1, 0.15) is 46.4 Å². The van der Waals surface area contributed by atoms with Gasteiger partial charge in [-0.3, -0.25) is 19.3 Å². The first-order valence-electron chi connectivity index (χ1n) is 23.1. The Balaban J connectivity index is 1.23. The summed E-state index contributed by atoms with van der Waals surface area (Å²) in [6, 6.07) is 9.30. The van der Waals surface area contributed by atoms with Gasteiger partial charge < -0.3 is 39.6 Å². The van der Waals surface area contributed by atoms with E-state index >= 15 is 8.78 Å². The fourth-order valence-corrected chi connectivity index (χ4v) is 6.93. The van der Waals surface area contributed by atoms with E-state index in [2.05, 4.69) is 25.9 Å². The summed E-state index contributed by atoms with van der Waals surface area (Å²) < 4.78 is 59.6. The lowest BCUT2D eigenvalue weighted by atomic mass is 10.1. The predicted octanol–water partition coefficient (Wildman–Crippen LogP) is 8.98. The number of aryl methyl sites for hydroxylation is 2. The quantitative estimate of drug-likeness (QED) is 0.0336. The van der Waals surface area contributed by atoms with Gasteiger partial charge in [-0.2, -0.15) is 5.10 Å². The fourth-order valence-electron chi connectivity index (χ4n) is 6.93. The van der Waals surface area contributed by atoms with Crippen LogP contribution in [0.15, 0.2) is 54.9 Å². The highest BCUT2D eigenvalue weighted by atomic mass is 19.1. The molecular formula is C50H64F2N8O9. The molecule has 0 saturated carbocycles. The predicted molar refractivity (Wildman–Crippen MR) is 255 cm³/mol. The molecule has 19 heteroatoms. The number of fused-ring (bicyclic) bond motifs is 1. The molecule has 2 atom stereocenters. The van der Waals surface area contributed by atoms with Crippen molar-refractivity contribution in [2.75, 3.05) is 25.1 Å². The highest BCUT2D eigenvalue weighted by Gasteiger charge is 2.28. The number of nitrogens with one attached hydrogen (secondary N) is 3. The molecule has 5 rings (SSSR count). The van der Waals surface area contributed by atoms with E-state index in [1.54, 1.807) is 66.8 Å². The van der Waals surface area contributed by atoms with Crippen molar-refractivity contribution < 1.29 is 51.6 Å². The zero-order valence-corrected chi connectivity index (χ0v) is 41.1. The van der Waals surface area contributed by atoms with Gasteiger partial charge in [-0.25, -0.2) is 28.3 Å². The smallest absolute Gasteiger partial charge is 0.408 e. The maximum absolute atomic E-state index is 15.2. The summed E-state index contributed by atoms with van der Waals surface area (Å²) in [5, 5.41) is 14.0. The van der Waals surface area contributed by atoms with Crippen molar-refractivity contribution in [3.05, 3.63) is 83.3 Å². The highest BCUT2D eigenvalue weighted by Crippen LogP contribution is 2.33. The van der Waals surface area contributed by atoms with Gasteiger partial charge in [0.25, 0.3) is 0 Å². The number of aromatic nitrogens is 5. The topological polar surface area (TPSA) is 207 Å². The molecule has 3 N–H and O–H groups in total. The molecular weight excluding hydrogens is 895 g/mol. The van der Waals surface area contributed by atoms with Gasteiger partial charge in [-0.05, 0) is 99.8 Å². The van der Waals surface area contributed by atoms with E-state index in [0.717, 1.165) is 23.4 Å². The van der Waals surface area contributed by atoms with Crippen LogP contribution in [0.2, 0.25) is 0 Å². The van der Waals surface area contributed by atoms with Crippen LogP contribution in [0.4, 0.5) is 25.1 Å². The lowest BCUT2D eigenvalue weighted by Crippen LogP contribution is -2.51. The van der Waals surface area contributed by atoms with E-state index in [-0.39, 0.29) is 74.5 Å². The number of amides is 2. The van der Waals surface area contributed by atoms with Gasteiger partial charge in [-0.1, -0.05) is 31.0 Å². The summed E-state index contributed by atoms with van der Waals surface area (Å²) in [5.41, 5.74) is 1.68. The molecule has 0 bridgehead atoms. The van der Waals surface area contributed by atoms with Crippen molar-refractivity contribution >= 4 is 46.3 Å². The lowest BCUT2D eigenvalue weighted by Gasteiger charge is -2.24.